The van der Waals surface area contributed by atoms with Crippen molar-refractivity contribution in [1.82, 2.24) is 0 Å². The molecule has 5 atom stereocenters. The van der Waals surface area contributed by atoms with Gasteiger partial charge < -0.3 is 19.7 Å². The third kappa shape index (κ3) is 6.75. The number of aliphatic hydroxyl groups excluding tert-OH is 2. The van der Waals surface area contributed by atoms with Crippen molar-refractivity contribution in [2.45, 2.75) is 54.3 Å². The van der Waals surface area contributed by atoms with Gasteiger partial charge in [-0.3, -0.25) is 8.37 Å². The normalized spacial score (nSPS) is 23.4. The molecule has 214 valence electrons. The Hall–Kier alpha value is -3.17. The lowest BCUT2D eigenvalue weighted by molar-refractivity contribution is -0.274. The Labute approximate surface area is 232 Å². The molecule has 3 aromatic carbocycles. The van der Waals surface area contributed by atoms with E-state index in [9.17, 15) is 31.8 Å². The standard InChI is InChI=1S/C27H28O11S2/c1-17-8-12-20(13-9-17)39(31,32)37-24-23(36-26(29)19-6-4-3-5-7-19)22(16-28)35-27(30)25(24)38-40(33,34)21-14-10-18(2)11-15-21/h3-15,22-25,27-28,30H,16H2,1-2H3/t22-,23-,24+,25-,27+/m1/s1. The largest absolute Gasteiger partial charge is 0.453 e. The van der Waals surface area contributed by atoms with Gasteiger partial charge in [-0.15, -0.1) is 0 Å². The van der Waals surface area contributed by atoms with Crippen molar-refractivity contribution in [3.63, 3.8) is 0 Å². The minimum absolute atomic E-state index is 0.0789. The summed E-state index contributed by atoms with van der Waals surface area (Å²) < 4.78 is 74.4. The van der Waals surface area contributed by atoms with E-state index in [-0.39, 0.29) is 15.4 Å². The van der Waals surface area contributed by atoms with E-state index in [1.54, 1.807) is 32.0 Å². The van der Waals surface area contributed by atoms with Gasteiger partial charge in [0.1, 0.15) is 12.2 Å². The van der Waals surface area contributed by atoms with Crippen LogP contribution in [0.15, 0.2) is 88.7 Å². The van der Waals surface area contributed by atoms with Crippen LogP contribution >= 0.6 is 0 Å². The molecule has 3 aromatic rings. The lowest BCUT2D eigenvalue weighted by Gasteiger charge is -2.42. The van der Waals surface area contributed by atoms with E-state index in [0.29, 0.717) is 0 Å². The van der Waals surface area contributed by atoms with E-state index in [1.807, 2.05) is 0 Å². The van der Waals surface area contributed by atoms with Crippen molar-refractivity contribution in [2.24, 2.45) is 0 Å². The SMILES string of the molecule is Cc1ccc(S(=O)(=O)O[C@@H]2[C@@H](OS(=O)(=O)c3ccc(C)cc3)[C@@H](O)O[C@H](CO)[C@H]2OC(=O)c2ccccc2)cc1. The smallest absolute Gasteiger partial charge is 0.338 e. The Morgan fingerprint density at radius 3 is 1.70 bits per heavy atom. The molecule has 0 amide bonds. The molecular weight excluding hydrogens is 564 g/mol. The zero-order valence-corrected chi connectivity index (χ0v) is 23.1. The van der Waals surface area contributed by atoms with Gasteiger partial charge in [0, 0.05) is 0 Å². The molecule has 0 unspecified atom stereocenters. The number of aliphatic hydroxyl groups is 2. The van der Waals surface area contributed by atoms with Crippen LogP contribution in [0.25, 0.3) is 0 Å². The molecule has 0 aliphatic carbocycles. The van der Waals surface area contributed by atoms with Crippen molar-refractivity contribution >= 4 is 26.2 Å². The van der Waals surface area contributed by atoms with Crippen molar-refractivity contribution in [1.29, 1.82) is 0 Å². The second kappa shape index (κ2) is 12.1. The van der Waals surface area contributed by atoms with E-state index in [0.717, 1.165) is 11.1 Å². The highest BCUT2D eigenvalue weighted by Crippen LogP contribution is 2.32. The van der Waals surface area contributed by atoms with Crippen molar-refractivity contribution in [3.8, 4) is 0 Å². The molecule has 13 heteroatoms. The first-order valence-corrected chi connectivity index (χ1v) is 14.9. The van der Waals surface area contributed by atoms with Crippen LogP contribution in [0, 0.1) is 13.8 Å². The van der Waals surface area contributed by atoms with Gasteiger partial charge in [0.2, 0.25) is 0 Å². The summed E-state index contributed by atoms with van der Waals surface area (Å²) in [6.45, 7) is 2.65. The van der Waals surface area contributed by atoms with Crippen molar-refractivity contribution in [2.75, 3.05) is 6.61 Å². The van der Waals surface area contributed by atoms with Crippen LogP contribution < -0.4 is 0 Å². The predicted octanol–water partition coefficient (Wildman–Crippen LogP) is 2.09. The summed E-state index contributed by atoms with van der Waals surface area (Å²) in [6, 6.07) is 18.8. The molecular formula is C27H28O11S2. The average Bonchev–Trinajstić information content (AvgIpc) is 2.92. The van der Waals surface area contributed by atoms with Crippen molar-refractivity contribution in [3.05, 3.63) is 95.6 Å². The molecule has 1 fully saturated rings. The number of benzene rings is 3. The average molecular weight is 593 g/mol. The quantitative estimate of drug-likeness (QED) is 0.276. The van der Waals surface area contributed by atoms with Gasteiger partial charge in [-0.2, -0.15) is 16.8 Å². The monoisotopic (exact) mass is 592 g/mol. The second-order valence-corrected chi connectivity index (χ2v) is 12.3. The fourth-order valence-corrected chi connectivity index (χ4v) is 6.15. The van der Waals surface area contributed by atoms with Crippen LogP contribution in [-0.2, 0) is 38.1 Å². The first-order chi connectivity index (χ1) is 18.9. The van der Waals surface area contributed by atoms with Gasteiger partial charge in [0.25, 0.3) is 20.2 Å². The highest BCUT2D eigenvalue weighted by atomic mass is 32.2. The maximum Gasteiger partial charge on any atom is 0.338 e. The van der Waals surface area contributed by atoms with Crippen molar-refractivity contribution < 1.29 is 49.7 Å². The number of carbonyl (C=O) groups is 1. The van der Waals surface area contributed by atoms with Crippen LogP contribution in [0.5, 0.6) is 0 Å². The highest BCUT2D eigenvalue weighted by Gasteiger charge is 2.53. The van der Waals surface area contributed by atoms with E-state index in [1.165, 1.54) is 60.7 Å². The molecule has 1 heterocycles. The van der Waals surface area contributed by atoms with Gasteiger partial charge in [-0.25, -0.2) is 4.79 Å². The van der Waals surface area contributed by atoms with Gasteiger partial charge in [-0.1, -0.05) is 53.6 Å². The van der Waals surface area contributed by atoms with E-state index >= 15 is 0 Å². The molecule has 1 aliphatic heterocycles. The minimum Gasteiger partial charge on any atom is -0.453 e. The van der Waals surface area contributed by atoms with Gasteiger partial charge >= 0.3 is 5.97 Å². The van der Waals surface area contributed by atoms with Crippen LogP contribution in [0.2, 0.25) is 0 Å². The first-order valence-electron chi connectivity index (χ1n) is 12.1. The summed E-state index contributed by atoms with van der Waals surface area (Å²) in [7, 11) is -9.25. The molecule has 40 heavy (non-hydrogen) atoms. The van der Waals surface area contributed by atoms with Crippen LogP contribution in [-0.4, -0.2) is 70.3 Å². The molecule has 0 saturated carbocycles. The summed E-state index contributed by atoms with van der Waals surface area (Å²) >= 11 is 0. The third-order valence-corrected chi connectivity index (χ3v) is 8.79. The molecule has 11 nitrogen and oxygen atoms in total. The summed E-state index contributed by atoms with van der Waals surface area (Å²) in [6.07, 6.45) is -9.30. The number of aryl methyl sites for hydroxylation is 2. The lowest BCUT2D eigenvalue weighted by atomic mass is 9.99. The third-order valence-electron chi connectivity index (χ3n) is 6.14. The number of esters is 1. The number of carbonyl (C=O) groups excluding carboxylic acids is 1. The number of rotatable bonds is 9. The topological polar surface area (TPSA) is 163 Å². The molecule has 4 rings (SSSR count). The minimum atomic E-state index is -4.64. The number of ether oxygens (including phenoxy) is 2. The van der Waals surface area contributed by atoms with E-state index in [2.05, 4.69) is 0 Å². The number of hydrogen-bond acceptors (Lipinski definition) is 11. The second-order valence-electron chi connectivity index (χ2n) is 9.14. The molecule has 0 aromatic heterocycles. The molecule has 0 radical (unpaired) electrons. The lowest BCUT2D eigenvalue weighted by Crippen LogP contribution is -2.62. The Morgan fingerprint density at radius 1 is 0.750 bits per heavy atom. The Balaban J connectivity index is 1.75. The van der Waals surface area contributed by atoms with Crippen LogP contribution in [0.3, 0.4) is 0 Å². The Morgan fingerprint density at radius 2 is 1.23 bits per heavy atom. The maximum absolute atomic E-state index is 13.3. The zero-order chi connectivity index (χ0) is 29.1. The molecule has 0 bridgehead atoms. The zero-order valence-electron chi connectivity index (χ0n) is 21.5. The summed E-state index contributed by atoms with van der Waals surface area (Å²) in [4.78, 5) is 12.4. The van der Waals surface area contributed by atoms with Gasteiger partial charge in [0.05, 0.1) is 22.0 Å². The predicted molar refractivity (Wildman–Crippen MR) is 140 cm³/mol. The summed E-state index contributed by atoms with van der Waals surface area (Å²) in [5.41, 5.74) is 1.61. The Kier molecular flexibility index (Phi) is 9.05. The van der Waals surface area contributed by atoms with Gasteiger partial charge in [0.15, 0.2) is 18.5 Å². The highest BCUT2D eigenvalue weighted by molar-refractivity contribution is 7.87. The van der Waals surface area contributed by atoms with Crippen LogP contribution in [0.4, 0.5) is 0 Å². The summed E-state index contributed by atoms with van der Waals surface area (Å²) in [5, 5.41) is 20.7. The maximum atomic E-state index is 13.3. The number of hydrogen-bond donors (Lipinski definition) is 2. The van der Waals surface area contributed by atoms with Gasteiger partial charge in [-0.05, 0) is 50.2 Å². The molecule has 0 spiro atoms. The first kappa shape index (κ1) is 29.8. The molecule has 2 N–H and O–H groups in total. The Bertz CT molecular complexity index is 1520. The molecule has 1 saturated heterocycles. The van der Waals surface area contributed by atoms with E-state index in [4.69, 9.17) is 17.8 Å². The van der Waals surface area contributed by atoms with E-state index < -0.39 is 63.5 Å². The molecule has 1 aliphatic rings. The van der Waals surface area contributed by atoms with Crippen LogP contribution in [0.1, 0.15) is 21.5 Å². The fraction of sp³-hybridized carbons (Fsp3) is 0.296. The summed E-state index contributed by atoms with van der Waals surface area (Å²) in [5.74, 6) is -0.939. The fourth-order valence-electron chi connectivity index (χ4n) is 3.98.